The van der Waals surface area contributed by atoms with Crippen molar-refractivity contribution in [1.82, 2.24) is 0 Å². The summed E-state index contributed by atoms with van der Waals surface area (Å²) in [4.78, 5) is 10.3. The first-order chi connectivity index (χ1) is 8.13. The highest BCUT2D eigenvalue weighted by Crippen LogP contribution is 2.09. The molecule has 17 heavy (non-hydrogen) atoms. The smallest absolute Gasteiger partial charge is 0.303 e. The molecule has 0 bridgehead atoms. The summed E-state index contributed by atoms with van der Waals surface area (Å²) in [6.07, 6.45) is 9.95. The Kier molecular flexibility index (Phi) is 11.5. The topological polar surface area (TPSA) is 46.5 Å². The largest absolute Gasteiger partial charge is 0.481 e. The number of unbranched alkanes of at least 4 members (excludes halogenated alkanes) is 7. The van der Waals surface area contributed by atoms with Crippen LogP contribution in [-0.2, 0) is 9.53 Å². The van der Waals surface area contributed by atoms with E-state index < -0.39 is 5.97 Å². The van der Waals surface area contributed by atoms with Gasteiger partial charge in [0.25, 0.3) is 0 Å². The van der Waals surface area contributed by atoms with Crippen molar-refractivity contribution in [2.45, 2.75) is 77.7 Å². The van der Waals surface area contributed by atoms with Gasteiger partial charge in [-0.1, -0.05) is 38.5 Å². The number of aliphatic carboxylic acids is 1. The zero-order chi connectivity index (χ0) is 12.9. The second-order valence-corrected chi connectivity index (χ2v) is 4.89. The van der Waals surface area contributed by atoms with Gasteiger partial charge in [0.05, 0.1) is 6.10 Å². The van der Waals surface area contributed by atoms with Crippen LogP contribution >= 0.6 is 0 Å². The molecule has 0 atom stereocenters. The minimum absolute atomic E-state index is 0.326. The molecule has 0 aliphatic rings. The van der Waals surface area contributed by atoms with Crippen molar-refractivity contribution in [3.8, 4) is 0 Å². The summed E-state index contributed by atoms with van der Waals surface area (Å²) in [6, 6.07) is 0. The molecule has 0 radical (unpaired) electrons. The van der Waals surface area contributed by atoms with E-state index in [1.54, 1.807) is 0 Å². The third-order valence-electron chi connectivity index (χ3n) is 2.74. The predicted octanol–water partition coefficient (Wildman–Crippen LogP) is 4.01. The van der Waals surface area contributed by atoms with Crippen LogP contribution in [0.5, 0.6) is 0 Å². The number of carbonyl (C=O) groups is 1. The van der Waals surface area contributed by atoms with Gasteiger partial charge in [-0.25, -0.2) is 0 Å². The molecule has 1 N–H and O–H groups in total. The molecule has 0 unspecified atom stereocenters. The van der Waals surface area contributed by atoms with Crippen molar-refractivity contribution in [3.63, 3.8) is 0 Å². The van der Waals surface area contributed by atoms with Crippen molar-refractivity contribution in [2.75, 3.05) is 6.61 Å². The fraction of sp³-hybridized carbons (Fsp3) is 0.929. The van der Waals surface area contributed by atoms with Crippen molar-refractivity contribution in [2.24, 2.45) is 0 Å². The Hall–Kier alpha value is -0.570. The summed E-state index contributed by atoms with van der Waals surface area (Å²) in [7, 11) is 0. The molecule has 0 saturated carbocycles. The van der Waals surface area contributed by atoms with Gasteiger partial charge in [-0.2, -0.15) is 0 Å². The van der Waals surface area contributed by atoms with Crippen LogP contribution in [0.3, 0.4) is 0 Å². The first-order valence-corrected chi connectivity index (χ1v) is 6.96. The number of carboxylic acid groups (broad SMARTS) is 1. The Morgan fingerprint density at radius 2 is 1.41 bits per heavy atom. The van der Waals surface area contributed by atoms with Crippen molar-refractivity contribution in [3.05, 3.63) is 0 Å². The molecule has 0 fully saturated rings. The summed E-state index contributed by atoms with van der Waals surface area (Å²) < 4.78 is 5.47. The molecule has 0 aromatic heterocycles. The van der Waals surface area contributed by atoms with Gasteiger partial charge in [0.15, 0.2) is 0 Å². The van der Waals surface area contributed by atoms with Crippen LogP contribution in [-0.4, -0.2) is 23.8 Å². The summed E-state index contributed by atoms with van der Waals surface area (Å²) in [6.45, 7) is 5.02. The van der Waals surface area contributed by atoms with Crippen LogP contribution in [0.4, 0.5) is 0 Å². The minimum atomic E-state index is -0.671. The van der Waals surface area contributed by atoms with E-state index in [1.807, 2.05) is 0 Å². The maximum Gasteiger partial charge on any atom is 0.303 e. The van der Waals surface area contributed by atoms with E-state index in [2.05, 4.69) is 13.8 Å². The molecule has 0 rings (SSSR count). The van der Waals surface area contributed by atoms with Crippen LogP contribution in [0.1, 0.15) is 71.6 Å². The molecule has 0 aromatic rings. The van der Waals surface area contributed by atoms with Crippen LogP contribution < -0.4 is 0 Å². The SMILES string of the molecule is CC(C)OCCCCCCCCCCC(=O)O. The Labute approximate surface area is 106 Å². The van der Waals surface area contributed by atoms with Crippen LogP contribution in [0.25, 0.3) is 0 Å². The number of carboxylic acids is 1. The van der Waals surface area contributed by atoms with Gasteiger partial charge in [-0.3, -0.25) is 4.79 Å². The highest BCUT2D eigenvalue weighted by atomic mass is 16.5. The van der Waals surface area contributed by atoms with E-state index in [-0.39, 0.29) is 0 Å². The average Bonchev–Trinajstić information content (AvgIpc) is 2.25. The lowest BCUT2D eigenvalue weighted by atomic mass is 10.1. The molecule has 0 aromatic carbocycles. The maximum atomic E-state index is 10.3. The molecule has 0 saturated heterocycles. The van der Waals surface area contributed by atoms with E-state index in [0.717, 1.165) is 25.9 Å². The number of rotatable bonds is 12. The molecular formula is C14H28O3. The zero-order valence-electron chi connectivity index (χ0n) is 11.4. The maximum absolute atomic E-state index is 10.3. The highest BCUT2D eigenvalue weighted by molar-refractivity contribution is 5.66. The molecule has 3 heteroatoms. The van der Waals surface area contributed by atoms with Gasteiger partial charge in [0.2, 0.25) is 0 Å². The molecule has 0 spiro atoms. The average molecular weight is 244 g/mol. The zero-order valence-corrected chi connectivity index (χ0v) is 11.4. The van der Waals surface area contributed by atoms with E-state index in [4.69, 9.17) is 9.84 Å². The lowest BCUT2D eigenvalue weighted by Crippen LogP contribution is -2.03. The normalized spacial score (nSPS) is 11.0. The fourth-order valence-electron chi connectivity index (χ4n) is 1.76. The summed E-state index contributed by atoms with van der Waals surface area (Å²) in [5.74, 6) is -0.671. The second-order valence-electron chi connectivity index (χ2n) is 4.89. The van der Waals surface area contributed by atoms with Gasteiger partial charge in [0, 0.05) is 13.0 Å². The van der Waals surface area contributed by atoms with Gasteiger partial charge < -0.3 is 9.84 Å². The van der Waals surface area contributed by atoms with E-state index in [9.17, 15) is 4.79 Å². The molecule has 0 aliphatic carbocycles. The Bertz CT molecular complexity index is 178. The third kappa shape index (κ3) is 15.4. The van der Waals surface area contributed by atoms with Gasteiger partial charge in [0.1, 0.15) is 0 Å². The van der Waals surface area contributed by atoms with Crippen molar-refractivity contribution < 1.29 is 14.6 Å². The molecule has 0 aliphatic heterocycles. The van der Waals surface area contributed by atoms with Gasteiger partial charge in [-0.05, 0) is 26.7 Å². The fourth-order valence-corrected chi connectivity index (χ4v) is 1.76. The first kappa shape index (κ1) is 16.4. The monoisotopic (exact) mass is 244 g/mol. The Morgan fingerprint density at radius 3 is 1.88 bits per heavy atom. The van der Waals surface area contributed by atoms with Gasteiger partial charge >= 0.3 is 5.97 Å². The summed E-state index contributed by atoms with van der Waals surface area (Å²) >= 11 is 0. The van der Waals surface area contributed by atoms with Crippen molar-refractivity contribution in [1.29, 1.82) is 0 Å². The number of hydrogen-bond acceptors (Lipinski definition) is 2. The van der Waals surface area contributed by atoms with E-state index in [0.29, 0.717) is 12.5 Å². The lowest BCUT2D eigenvalue weighted by Gasteiger charge is -2.06. The Balaban J connectivity index is 2.96. The van der Waals surface area contributed by atoms with Crippen molar-refractivity contribution >= 4 is 5.97 Å². The molecule has 102 valence electrons. The summed E-state index contributed by atoms with van der Waals surface area (Å²) in [5.41, 5.74) is 0. The van der Waals surface area contributed by atoms with E-state index in [1.165, 1.54) is 32.1 Å². The number of hydrogen-bond donors (Lipinski definition) is 1. The lowest BCUT2D eigenvalue weighted by molar-refractivity contribution is -0.137. The molecular weight excluding hydrogens is 216 g/mol. The predicted molar refractivity (Wildman–Crippen MR) is 70.3 cm³/mol. The van der Waals surface area contributed by atoms with Crippen LogP contribution in [0.2, 0.25) is 0 Å². The van der Waals surface area contributed by atoms with E-state index >= 15 is 0 Å². The third-order valence-corrected chi connectivity index (χ3v) is 2.74. The molecule has 3 nitrogen and oxygen atoms in total. The quantitative estimate of drug-likeness (QED) is 0.528. The minimum Gasteiger partial charge on any atom is -0.481 e. The summed E-state index contributed by atoms with van der Waals surface area (Å²) in [5, 5.41) is 8.46. The molecule has 0 amide bonds. The van der Waals surface area contributed by atoms with Crippen LogP contribution in [0.15, 0.2) is 0 Å². The highest BCUT2D eigenvalue weighted by Gasteiger charge is 1.97. The molecule has 0 heterocycles. The number of ether oxygens (including phenoxy) is 1. The van der Waals surface area contributed by atoms with Gasteiger partial charge in [-0.15, -0.1) is 0 Å². The van der Waals surface area contributed by atoms with Crippen LogP contribution in [0, 0.1) is 0 Å². The first-order valence-electron chi connectivity index (χ1n) is 6.96. The standard InChI is InChI=1S/C14H28O3/c1-13(2)17-12-10-8-6-4-3-5-7-9-11-14(15)16/h13H,3-12H2,1-2H3,(H,15,16). The Morgan fingerprint density at radius 1 is 0.941 bits per heavy atom. The second kappa shape index (κ2) is 11.9.